The average molecular weight is 290 g/mol. The predicted molar refractivity (Wildman–Crippen MR) is 83.8 cm³/mol. The number of benzene rings is 1. The highest BCUT2D eigenvalue weighted by Gasteiger charge is 2.17. The molecule has 0 aliphatic rings. The third-order valence-electron chi connectivity index (χ3n) is 3.45. The Hall–Kier alpha value is -3.13. The number of hydrogen-bond donors (Lipinski definition) is 1. The van der Waals surface area contributed by atoms with E-state index in [2.05, 4.69) is 16.4 Å². The maximum Gasteiger partial charge on any atom is 0.274 e. The van der Waals surface area contributed by atoms with E-state index < -0.39 is 0 Å². The molecule has 0 radical (unpaired) electrons. The lowest BCUT2D eigenvalue weighted by Crippen LogP contribution is -2.16. The zero-order chi connectivity index (χ0) is 15.7. The highest BCUT2D eigenvalue weighted by Crippen LogP contribution is 2.18. The van der Waals surface area contributed by atoms with Crippen molar-refractivity contribution < 1.29 is 4.79 Å². The van der Waals surface area contributed by atoms with Crippen LogP contribution in [-0.4, -0.2) is 15.3 Å². The van der Waals surface area contributed by atoms with Crippen LogP contribution in [0.1, 0.15) is 27.3 Å². The Labute approximate surface area is 127 Å². The van der Waals surface area contributed by atoms with Gasteiger partial charge in [0, 0.05) is 6.20 Å². The number of imidazole rings is 1. The van der Waals surface area contributed by atoms with E-state index in [0.29, 0.717) is 22.6 Å². The summed E-state index contributed by atoms with van der Waals surface area (Å²) in [4.78, 5) is 17.0. The summed E-state index contributed by atoms with van der Waals surface area (Å²) in [6.45, 7) is 3.76. The second-order valence-corrected chi connectivity index (χ2v) is 5.09. The molecule has 108 valence electrons. The van der Waals surface area contributed by atoms with E-state index in [-0.39, 0.29) is 5.91 Å². The van der Waals surface area contributed by atoms with Gasteiger partial charge >= 0.3 is 0 Å². The molecule has 2 heterocycles. The molecular weight excluding hydrogens is 276 g/mol. The Morgan fingerprint density at radius 1 is 1.23 bits per heavy atom. The number of hydrogen-bond acceptors (Lipinski definition) is 3. The van der Waals surface area contributed by atoms with Crippen LogP contribution in [0.5, 0.6) is 0 Å². The number of aryl methyl sites for hydroxylation is 2. The Kier molecular flexibility index (Phi) is 3.36. The van der Waals surface area contributed by atoms with Gasteiger partial charge in [0.15, 0.2) is 0 Å². The van der Waals surface area contributed by atoms with Gasteiger partial charge in [-0.05, 0) is 37.6 Å². The van der Waals surface area contributed by atoms with E-state index >= 15 is 0 Å². The number of nitrogens with one attached hydrogen (secondary N) is 1. The van der Waals surface area contributed by atoms with E-state index in [9.17, 15) is 4.79 Å². The van der Waals surface area contributed by atoms with Crippen molar-refractivity contribution >= 4 is 17.2 Å². The number of para-hydroxylation sites is 1. The third-order valence-corrected chi connectivity index (χ3v) is 3.45. The first-order valence-corrected chi connectivity index (χ1v) is 6.86. The summed E-state index contributed by atoms with van der Waals surface area (Å²) >= 11 is 0. The minimum Gasteiger partial charge on any atom is -0.319 e. The fourth-order valence-corrected chi connectivity index (χ4v) is 2.41. The standard InChI is InChI=1S/C17H14N4O/c1-11-7-8-15-19-12(2)16(21(15)10-11)17(22)20-14-6-4-3-5-13(14)9-18/h3-8,10H,1-2H3,(H,20,22). The van der Waals surface area contributed by atoms with Gasteiger partial charge in [-0.25, -0.2) is 4.98 Å². The van der Waals surface area contributed by atoms with Gasteiger partial charge in [-0.2, -0.15) is 5.26 Å². The van der Waals surface area contributed by atoms with E-state index in [0.717, 1.165) is 11.2 Å². The minimum absolute atomic E-state index is 0.279. The lowest BCUT2D eigenvalue weighted by molar-refractivity contribution is 0.102. The van der Waals surface area contributed by atoms with Gasteiger partial charge in [-0.3, -0.25) is 9.20 Å². The van der Waals surface area contributed by atoms with Gasteiger partial charge in [0.1, 0.15) is 17.4 Å². The zero-order valence-electron chi connectivity index (χ0n) is 12.3. The van der Waals surface area contributed by atoms with Crippen molar-refractivity contribution in [2.24, 2.45) is 0 Å². The third kappa shape index (κ3) is 2.31. The number of carbonyl (C=O) groups excluding carboxylic acids is 1. The van der Waals surface area contributed by atoms with Crippen molar-refractivity contribution in [2.45, 2.75) is 13.8 Å². The maximum atomic E-state index is 12.6. The van der Waals surface area contributed by atoms with Crippen molar-refractivity contribution in [1.82, 2.24) is 9.38 Å². The average Bonchev–Trinajstić information content (AvgIpc) is 2.83. The summed E-state index contributed by atoms with van der Waals surface area (Å²) < 4.78 is 1.77. The monoisotopic (exact) mass is 290 g/mol. The Bertz CT molecular complexity index is 918. The molecule has 0 aliphatic carbocycles. The highest BCUT2D eigenvalue weighted by atomic mass is 16.2. The van der Waals surface area contributed by atoms with Gasteiger partial charge in [-0.15, -0.1) is 0 Å². The summed E-state index contributed by atoms with van der Waals surface area (Å²) in [5, 5.41) is 11.9. The van der Waals surface area contributed by atoms with E-state index in [4.69, 9.17) is 5.26 Å². The van der Waals surface area contributed by atoms with E-state index in [1.165, 1.54) is 0 Å². The lowest BCUT2D eigenvalue weighted by Gasteiger charge is -2.07. The molecular formula is C17H14N4O. The fraction of sp³-hybridized carbons (Fsp3) is 0.118. The molecule has 0 spiro atoms. The van der Waals surface area contributed by atoms with Crippen molar-refractivity contribution in [3.8, 4) is 6.07 Å². The number of pyridine rings is 1. The van der Waals surface area contributed by atoms with Crippen molar-refractivity contribution in [2.75, 3.05) is 5.32 Å². The Balaban J connectivity index is 2.04. The van der Waals surface area contributed by atoms with Crippen LogP contribution in [0.4, 0.5) is 5.69 Å². The van der Waals surface area contributed by atoms with Crippen LogP contribution in [0.25, 0.3) is 5.65 Å². The smallest absolute Gasteiger partial charge is 0.274 e. The molecule has 0 unspecified atom stereocenters. The van der Waals surface area contributed by atoms with E-state index in [1.807, 2.05) is 25.3 Å². The maximum absolute atomic E-state index is 12.6. The van der Waals surface area contributed by atoms with Crippen LogP contribution >= 0.6 is 0 Å². The topological polar surface area (TPSA) is 70.2 Å². The Morgan fingerprint density at radius 2 is 2.00 bits per heavy atom. The number of carbonyl (C=O) groups is 1. The normalized spacial score (nSPS) is 10.4. The number of nitrogens with zero attached hydrogens (tertiary/aromatic N) is 3. The summed E-state index contributed by atoms with van der Waals surface area (Å²) in [5.74, 6) is -0.279. The summed E-state index contributed by atoms with van der Waals surface area (Å²) in [7, 11) is 0. The van der Waals surface area contributed by atoms with E-state index in [1.54, 1.807) is 35.6 Å². The summed E-state index contributed by atoms with van der Waals surface area (Å²) in [6, 6.07) is 12.8. The molecule has 0 saturated carbocycles. The van der Waals surface area contributed by atoms with Crippen molar-refractivity contribution in [3.05, 3.63) is 65.1 Å². The second-order valence-electron chi connectivity index (χ2n) is 5.09. The number of aromatic nitrogens is 2. The number of fused-ring (bicyclic) bond motifs is 1. The van der Waals surface area contributed by atoms with Gasteiger partial charge in [0.05, 0.1) is 16.9 Å². The molecule has 0 fully saturated rings. The molecule has 0 bridgehead atoms. The van der Waals surface area contributed by atoms with Crippen LogP contribution in [0.15, 0.2) is 42.6 Å². The van der Waals surface area contributed by atoms with Crippen LogP contribution in [0.2, 0.25) is 0 Å². The van der Waals surface area contributed by atoms with Gasteiger partial charge in [0.25, 0.3) is 5.91 Å². The largest absolute Gasteiger partial charge is 0.319 e. The van der Waals surface area contributed by atoms with Gasteiger partial charge in [0.2, 0.25) is 0 Å². The van der Waals surface area contributed by atoms with Gasteiger partial charge < -0.3 is 5.32 Å². The molecule has 1 amide bonds. The molecule has 0 saturated heterocycles. The number of anilines is 1. The molecule has 22 heavy (non-hydrogen) atoms. The predicted octanol–water partition coefficient (Wildman–Crippen LogP) is 3.08. The first-order valence-electron chi connectivity index (χ1n) is 6.86. The van der Waals surface area contributed by atoms with Crippen molar-refractivity contribution in [1.29, 1.82) is 5.26 Å². The SMILES string of the molecule is Cc1ccc2nc(C)c(C(=O)Nc3ccccc3C#N)n2c1. The molecule has 1 N–H and O–H groups in total. The van der Waals surface area contributed by atoms with Crippen LogP contribution in [0, 0.1) is 25.2 Å². The number of nitriles is 1. The van der Waals surface area contributed by atoms with Crippen LogP contribution in [-0.2, 0) is 0 Å². The Morgan fingerprint density at radius 3 is 2.77 bits per heavy atom. The van der Waals surface area contributed by atoms with Crippen molar-refractivity contribution in [3.63, 3.8) is 0 Å². The quantitative estimate of drug-likeness (QED) is 0.788. The first-order chi connectivity index (χ1) is 10.6. The molecule has 5 nitrogen and oxygen atoms in total. The molecule has 0 aliphatic heterocycles. The van der Waals surface area contributed by atoms with Crippen LogP contribution in [0.3, 0.4) is 0 Å². The second kappa shape index (κ2) is 5.34. The molecule has 0 atom stereocenters. The molecule has 3 rings (SSSR count). The summed E-state index contributed by atoms with van der Waals surface area (Å²) in [5.41, 5.74) is 3.82. The molecule has 5 heteroatoms. The first kappa shape index (κ1) is 13.8. The molecule has 3 aromatic rings. The number of amides is 1. The summed E-state index contributed by atoms with van der Waals surface area (Å²) in [6.07, 6.45) is 1.88. The van der Waals surface area contributed by atoms with Gasteiger partial charge in [-0.1, -0.05) is 18.2 Å². The lowest BCUT2D eigenvalue weighted by atomic mass is 10.2. The highest BCUT2D eigenvalue weighted by molar-refractivity contribution is 6.05. The fourth-order valence-electron chi connectivity index (χ4n) is 2.41. The molecule has 1 aromatic carbocycles. The van der Waals surface area contributed by atoms with Crippen LogP contribution < -0.4 is 5.32 Å². The zero-order valence-corrected chi connectivity index (χ0v) is 12.3. The minimum atomic E-state index is -0.279. The number of rotatable bonds is 2. The molecule has 2 aromatic heterocycles.